The smallest absolute Gasteiger partial charge is 0.252 e. The molecule has 1 heterocycles. The summed E-state index contributed by atoms with van der Waals surface area (Å²) in [6.45, 7) is 0. The van der Waals surface area contributed by atoms with Crippen LogP contribution < -0.4 is 10.1 Å². The third-order valence-corrected chi connectivity index (χ3v) is 4.66. The van der Waals surface area contributed by atoms with E-state index in [1.165, 1.54) is 0 Å². The molecule has 0 saturated carbocycles. The molecule has 0 aliphatic carbocycles. The van der Waals surface area contributed by atoms with Crippen molar-refractivity contribution in [1.82, 2.24) is 15.3 Å². The summed E-state index contributed by atoms with van der Waals surface area (Å²) in [6, 6.07) is 24.8. The van der Waals surface area contributed by atoms with Crippen molar-refractivity contribution in [1.29, 1.82) is 0 Å². The van der Waals surface area contributed by atoms with Crippen LogP contribution in [0.2, 0.25) is 0 Å². The van der Waals surface area contributed by atoms with Gasteiger partial charge in [-0.1, -0.05) is 48.5 Å². The van der Waals surface area contributed by atoms with Crippen molar-refractivity contribution in [3.63, 3.8) is 0 Å². The van der Waals surface area contributed by atoms with Crippen LogP contribution in [0.3, 0.4) is 0 Å². The molecule has 4 rings (SSSR count). The lowest BCUT2D eigenvalue weighted by Gasteiger charge is -2.17. The van der Waals surface area contributed by atoms with Gasteiger partial charge in [0.15, 0.2) is 0 Å². The first kappa shape index (κ1) is 17.8. The third-order valence-electron chi connectivity index (χ3n) is 4.66. The minimum Gasteiger partial charge on any atom is -0.497 e. The molecule has 0 spiro atoms. The summed E-state index contributed by atoms with van der Waals surface area (Å²) in [6.07, 6.45) is 0.635. The number of para-hydroxylation sites is 2. The fourth-order valence-corrected chi connectivity index (χ4v) is 3.21. The fourth-order valence-electron chi connectivity index (χ4n) is 3.21. The molecule has 1 atom stereocenters. The van der Waals surface area contributed by atoms with Gasteiger partial charge in [0.05, 0.1) is 24.2 Å². The molecule has 1 amide bonds. The number of hydrogen-bond donors (Lipinski definition) is 2. The fraction of sp³-hybridized carbons (Fsp3) is 0.130. The Balaban J connectivity index is 1.65. The molecule has 140 valence electrons. The van der Waals surface area contributed by atoms with Crippen molar-refractivity contribution < 1.29 is 9.53 Å². The van der Waals surface area contributed by atoms with E-state index in [0.717, 1.165) is 22.4 Å². The van der Waals surface area contributed by atoms with Crippen molar-refractivity contribution >= 4 is 16.9 Å². The van der Waals surface area contributed by atoms with Gasteiger partial charge in [0.1, 0.15) is 11.6 Å². The molecule has 0 bridgehead atoms. The van der Waals surface area contributed by atoms with Gasteiger partial charge in [-0.3, -0.25) is 4.79 Å². The Bertz CT molecular complexity index is 1060. The van der Waals surface area contributed by atoms with Gasteiger partial charge in [0, 0.05) is 5.56 Å². The highest BCUT2D eigenvalue weighted by molar-refractivity contribution is 5.94. The maximum absolute atomic E-state index is 12.9. The van der Waals surface area contributed by atoms with Gasteiger partial charge < -0.3 is 15.0 Å². The molecule has 4 aromatic rings. The number of methoxy groups -OCH3 is 1. The number of hydrogen-bond acceptors (Lipinski definition) is 3. The summed E-state index contributed by atoms with van der Waals surface area (Å²) < 4.78 is 5.23. The van der Waals surface area contributed by atoms with Crippen LogP contribution >= 0.6 is 0 Å². The zero-order valence-electron chi connectivity index (χ0n) is 15.6. The second-order valence-corrected chi connectivity index (χ2v) is 6.59. The van der Waals surface area contributed by atoms with Crippen molar-refractivity contribution in [3.05, 3.63) is 95.8 Å². The molecule has 5 nitrogen and oxygen atoms in total. The summed E-state index contributed by atoms with van der Waals surface area (Å²) in [5.41, 5.74) is 3.50. The molecule has 1 aromatic heterocycles. The Kier molecular flexibility index (Phi) is 5.06. The highest BCUT2D eigenvalue weighted by Gasteiger charge is 2.20. The van der Waals surface area contributed by atoms with Crippen LogP contribution in [0.15, 0.2) is 78.9 Å². The Hall–Kier alpha value is -3.60. The van der Waals surface area contributed by atoms with E-state index in [9.17, 15) is 4.79 Å². The summed E-state index contributed by atoms with van der Waals surface area (Å²) >= 11 is 0. The van der Waals surface area contributed by atoms with Gasteiger partial charge in [-0.05, 0) is 42.3 Å². The Labute approximate surface area is 163 Å². The number of aromatic amines is 1. The number of H-pyrrole nitrogens is 1. The van der Waals surface area contributed by atoms with E-state index in [1.54, 1.807) is 25.3 Å². The minimum absolute atomic E-state index is 0.166. The van der Waals surface area contributed by atoms with Gasteiger partial charge in [0.2, 0.25) is 0 Å². The standard InChI is InChI=1S/C23H21N3O2/c1-28-18-11-7-10-17(15-18)23(27)26-21(14-16-8-3-2-4-9-16)22-24-19-12-5-6-13-20(19)25-22/h2-13,15,21H,14H2,1H3,(H,24,25)(H,26,27)/t21-/m1/s1. The maximum Gasteiger partial charge on any atom is 0.252 e. The topological polar surface area (TPSA) is 67.0 Å². The predicted molar refractivity (Wildman–Crippen MR) is 109 cm³/mol. The molecule has 2 N–H and O–H groups in total. The molecule has 0 radical (unpaired) electrons. The number of rotatable bonds is 6. The van der Waals surface area contributed by atoms with E-state index in [4.69, 9.17) is 9.72 Å². The molecule has 0 fully saturated rings. The van der Waals surface area contributed by atoms with E-state index < -0.39 is 0 Å². The first-order chi connectivity index (χ1) is 13.7. The molecule has 0 aliphatic heterocycles. The average Bonchev–Trinajstić information content (AvgIpc) is 3.18. The van der Waals surface area contributed by atoms with Gasteiger partial charge in [-0.25, -0.2) is 4.98 Å². The number of carbonyl (C=O) groups excluding carboxylic acids is 1. The molecule has 28 heavy (non-hydrogen) atoms. The Morgan fingerprint density at radius 3 is 2.61 bits per heavy atom. The van der Waals surface area contributed by atoms with E-state index in [0.29, 0.717) is 17.7 Å². The largest absolute Gasteiger partial charge is 0.497 e. The van der Waals surface area contributed by atoms with Gasteiger partial charge in [0.25, 0.3) is 5.91 Å². The lowest BCUT2D eigenvalue weighted by molar-refractivity contribution is 0.0934. The Morgan fingerprint density at radius 2 is 1.82 bits per heavy atom. The number of amides is 1. The minimum atomic E-state index is -0.284. The van der Waals surface area contributed by atoms with Crippen molar-refractivity contribution in [3.8, 4) is 5.75 Å². The predicted octanol–water partition coefficient (Wildman–Crippen LogP) is 4.29. The van der Waals surface area contributed by atoms with E-state index in [-0.39, 0.29) is 11.9 Å². The summed E-state index contributed by atoms with van der Waals surface area (Å²) in [5.74, 6) is 1.22. The second-order valence-electron chi connectivity index (χ2n) is 6.59. The normalized spacial score (nSPS) is 11.9. The number of aromatic nitrogens is 2. The van der Waals surface area contributed by atoms with E-state index in [2.05, 4.69) is 10.3 Å². The highest BCUT2D eigenvalue weighted by Crippen LogP contribution is 2.21. The van der Waals surface area contributed by atoms with Crippen LogP contribution in [0.4, 0.5) is 0 Å². The van der Waals surface area contributed by atoms with E-state index in [1.807, 2.05) is 60.7 Å². The van der Waals surface area contributed by atoms with Crippen LogP contribution in [-0.4, -0.2) is 23.0 Å². The highest BCUT2D eigenvalue weighted by atomic mass is 16.5. The summed E-state index contributed by atoms with van der Waals surface area (Å²) in [4.78, 5) is 20.9. The monoisotopic (exact) mass is 371 g/mol. The first-order valence-electron chi connectivity index (χ1n) is 9.16. The Morgan fingerprint density at radius 1 is 1.04 bits per heavy atom. The molecule has 0 unspecified atom stereocenters. The quantitative estimate of drug-likeness (QED) is 0.531. The van der Waals surface area contributed by atoms with Gasteiger partial charge >= 0.3 is 0 Å². The van der Waals surface area contributed by atoms with Crippen molar-refractivity contribution in [2.24, 2.45) is 0 Å². The molecule has 3 aromatic carbocycles. The summed E-state index contributed by atoms with van der Waals surface area (Å²) in [7, 11) is 1.59. The SMILES string of the molecule is COc1cccc(C(=O)N[C@H](Cc2ccccc2)c2nc3ccccc3[nH]2)c1. The third kappa shape index (κ3) is 3.88. The van der Waals surface area contributed by atoms with E-state index >= 15 is 0 Å². The zero-order chi connectivity index (χ0) is 19.3. The number of nitrogens with one attached hydrogen (secondary N) is 2. The zero-order valence-corrected chi connectivity index (χ0v) is 15.6. The number of imidazole rings is 1. The van der Waals surface area contributed by atoms with Crippen LogP contribution in [0.5, 0.6) is 5.75 Å². The number of nitrogens with zero attached hydrogens (tertiary/aromatic N) is 1. The molecular weight excluding hydrogens is 350 g/mol. The maximum atomic E-state index is 12.9. The second kappa shape index (κ2) is 7.96. The van der Waals surface area contributed by atoms with Gasteiger partial charge in [-0.15, -0.1) is 0 Å². The average molecular weight is 371 g/mol. The number of benzene rings is 3. The molecular formula is C23H21N3O2. The molecule has 0 aliphatic rings. The lowest BCUT2D eigenvalue weighted by atomic mass is 10.0. The van der Waals surface area contributed by atoms with Crippen molar-refractivity contribution in [2.45, 2.75) is 12.5 Å². The molecule has 0 saturated heterocycles. The number of fused-ring (bicyclic) bond motifs is 1. The van der Waals surface area contributed by atoms with Crippen LogP contribution in [0.25, 0.3) is 11.0 Å². The van der Waals surface area contributed by atoms with Crippen LogP contribution in [0.1, 0.15) is 27.8 Å². The van der Waals surface area contributed by atoms with Crippen LogP contribution in [0, 0.1) is 0 Å². The van der Waals surface area contributed by atoms with Crippen LogP contribution in [-0.2, 0) is 6.42 Å². The van der Waals surface area contributed by atoms with Gasteiger partial charge in [-0.2, -0.15) is 0 Å². The van der Waals surface area contributed by atoms with Crippen molar-refractivity contribution in [2.75, 3.05) is 7.11 Å². The lowest BCUT2D eigenvalue weighted by Crippen LogP contribution is -2.30. The first-order valence-corrected chi connectivity index (χ1v) is 9.16. The molecule has 5 heteroatoms. The number of ether oxygens (including phenoxy) is 1. The number of carbonyl (C=O) groups is 1. The summed E-state index contributed by atoms with van der Waals surface area (Å²) in [5, 5.41) is 3.12.